The molecule has 0 spiro atoms. The van der Waals surface area contributed by atoms with E-state index in [4.69, 9.17) is 14.5 Å². The third-order valence-corrected chi connectivity index (χ3v) is 7.83. The molecule has 204 valence electrons. The Bertz CT molecular complexity index is 1460. The second-order valence-corrected chi connectivity index (χ2v) is 16.2. The number of aryl methyl sites for hydroxylation is 1. The van der Waals surface area contributed by atoms with Crippen molar-refractivity contribution >= 4 is 36.0 Å². The quantitative estimate of drug-likeness (QED) is 0.217. The molecular formula is C26H34F2N6O3Si. The van der Waals surface area contributed by atoms with Gasteiger partial charge in [0.1, 0.15) is 23.6 Å². The summed E-state index contributed by atoms with van der Waals surface area (Å²) in [7, 11) is 0.379. The number of aromatic nitrogens is 5. The standard InChI is InChI=1S/C26H34F2N6O3Si/c1-7-36-14-16(2)30-26(35)18-13-34(15-37-8-9-38(4,5)6)25-24(18)31-21(12-29-25)23-17-10-19(27)20(28)11-22(17)33(3)32-23/h10-13,16H,7-9,14-15H2,1-6H3,(H,30,35)/t16-/m0/s1. The highest BCUT2D eigenvalue weighted by Crippen LogP contribution is 2.30. The van der Waals surface area contributed by atoms with E-state index in [0.29, 0.717) is 58.8 Å². The molecule has 0 bridgehead atoms. The Morgan fingerprint density at radius 1 is 1.18 bits per heavy atom. The summed E-state index contributed by atoms with van der Waals surface area (Å²) in [4.78, 5) is 22.6. The number of hydrogen-bond acceptors (Lipinski definition) is 6. The van der Waals surface area contributed by atoms with E-state index in [1.807, 2.05) is 13.8 Å². The lowest BCUT2D eigenvalue weighted by Crippen LogP contribution is -2.35. The highest BCUT2D eigenvalue weighted by molar-refractivity contribution is 6.76. The fourth-order valence-corrected chi connectivity index (χ4v) is 4.81. The van der Waals surface area contributed by atoms with Gasteiger partial charge >= 0.3 is 0 Å². The second kappa shape index (κ2) is 11.3. The zero-order valence-electron chi connectivity index (χ0n) is 22.6. The van der Waals surface area contributed by atoms with Crippen LogP contribution in [0, 0.1) is 11.6 Å². The van der Waals surface area contributed by atoms with Gasteiger partial charge in [0, 0.05) is 52.0 Å². The predicted molar refractivity (Wildman–Crippen MR) is 145 cm³/mol. The van der Waals surface area contributed by atoms with Crippen LogP contribution < -0.4 is 5.32 Å². The molecule has 1 atom stereocenters. The van der Waals surface area contributed by atoms with Crippen LogP contribution in [0.2, 0.25) is 25.7 Å². The van der Waals surface area contributed by atoms with Crippen molar-refractivity contribution in [3.05, 3.63) is 41.7 Å². The molecule has 1 N–H and O–H groups in total. The number of nitrogens with one attached hydrogen (secondary N) is 1. The summed E-state index contributed by atoms with van der Waals surface area (Å²) < 4.78 is 42.5. The van der Waals surface area contributed by atoms with Gasteiger partial charge in [0.2, 0.25) is 0 Å². The minimum atomic E-state index is -1.26. The molecule has 3 heterocycles. The van der Waals surface area contributed by atoms with Gasteiger partial charge in [0.15, 0.2) is 17.3 Å². The van der Waals surface area contributed by atoms with Crippen LogP contribution in [-0.2, 0) is 23.3 Å². The van der Waals surface area contributed by atoms with Crippen LogP contribution in [-0.4, -0.2) is 64.2 Å². The number of fused-ring (bicyclic) bond motifs is 2. The van der Waals surface area contributed by atoms with E-state index >= 15 is 0 Å². The highest BCUT2D eigenvalue weighted by atomic mass is 28.3. The summed E-state index contributed by atoms with van der Waals surface area (Å²) >= 11 is 0. The van der Waals surface area contributed by atoms with Crippen LogP contribution >= 0.6 is 0 Å². The van der Waals surface area contributed by atoms with Gasteiger partial charge in [-0.3, -0.25) is 9.48 Å². The molecule has 0 aliphatic rings. The second-order valence-electron chi connectivity index (χ2n) is 10.6. The van der Waals surface area contributed by atoms with Crippen LogP contribution in [0.5, 0.6) is 0 Å². The highest BCUT2D eigenvalue weighted by Gasteiger charge is 2.22. The number of carbonyl (C=O) groups is 1. The summed E-state index contributed by atoms with van der Waals surface area (Å²) in [5.41, 5.74) is 2.25. The zero-order valence-corrected chi connectivity index (χ0v) is 23.6. The van der Waals surface area contributed by atoms with Gasteiger partial charge in [-0.05, 0) is 26.0 Å². The van der Waals surface area contributed by atoms with Crippen molar-refractivity contribution < 1.29 is 23.0 Å². The van der Waals surface area contributed by atoms with Crippen molar-refractivity contribution in [1.82, 2.24) is 29.6 Å². The molecule has 4 rings (SSSR count). The Morgan fingerprint density at radius 2 is 1.92 bits per heavy atom. The Kier molecular flexibility index (Phi) is 8.24. The molecule has 0 unspecified atom stereocenters. The SMILES string of the molecule is CCOC[C@H](C)NC(=O)c1cn(COCC[Si](C)(C)C)c2ncc(-c3nn(C)c4cc(F)c(F)cc34)nc12. The Labute approximate surface area is 221 Å². The van der Waals surface area contributed by atoms with Crippen molar-refractivity contribution in [3.8, 4) is 11.4 Å². The number of nitrogens with zero attached hydrogens (tertiary/aromatic N) is 5. The number of hydrogen-bond donors (Lipinski definition) is 1. The average Bonchev–Trinajstić information content (AvgIpc) is 3.37. The molecule has 0 fully saturated rings. The van der Waals surface area contributed by atoms with E-state index in [2.05, 4.69) is 35.0 Å². The maximum atomic E-state index is 14.1. The number of amides is 1. The Balaban J connectivity index is 1.74. The predicted octanol–water partition coefficient (Wildman–Crippen LogP) is 4.73. The zero-order chi connectivity index (χ0) is 27.6. The largest absolute Gasteiger partial charge is 0.380 e. The van der Waals surface area contributed by atoms with E-state index in [-0.39, 0.29) is 18.7 Å². The molecule has 9 nitrogen and oxygen atoms in total. The minimum absolute atomic E-state index is 0.216. The van der Waals surface area contributed by atoms with E-state index in [9.17, 15) is 13.6 Å². The lowest BCUT2D eigenvalue weighted by molar-refractivity contribution is 0.0862. The van der Waals surface area contributed by atoms with E-state index in [1.54, 1.807) is 17.8 Å². The first-order chi connectivity index (χ1) is 18.0. The van der Waals surface area contributed by atoms with Gasteiger partial charge in [-0.1, -0.05) is 19.6 Å². The minimum Gasteiger partial charge on any atom is -0.380 e. The normalized spacial score (nSPS) is 12.9. The third kappa shape index (κ3) is 6.08. The molecule has 0 saturated carbocycles. The first-order valence-electron chi connectivity index (χ1n) is 12.6. The van der Waals surface area contributed by atoms with E-state index in [1.165, 1.54) is 10.9 Å². The molecule has 38 heavy (non-hydrogen) atoms. The van der Waals surface area contributed by atoms with Gasteiger partial charge in [-0.25, -0.2) is 18.7 Å². The maximum absolute atomic E-state index is 14.1. The van der Waals surface area contributed by atoms with Crippen molar-refractivity contribution in [1.29, 1.82) is 0 Å². The lowest BCUT2D eigenvalue weighted by Gasteiger charge is -2.15. The topological polar surface area (TPSA) is 96.1 Å². The van der Waals surface area contributed by atoms with Gasteiger partial charge in [-0.15, -0.1) is 0 Å². The molecule has 4 aromatic rings. The number of ether oxygens (including phenoxy) is 2. The first kappa shape index (κ1) is 27.8. The van der Waals surface area contributed by atoms with Gasteiger partial charge in [-0.2, -0.15) is 5.10 Å². The van der Waals surface area contributed by atoms with Crippen molar-refractivity contribution in [2.75, 3.05) is 19.8 Å². The van der Waals surface area contributed by atoms with E-state index < -0.39 is 19.7 Å². The molecule has 3 aromatic heterocycles. The van der Waals surface area contributed by atoms with Gasteiger partial charge in [0.25, 0.3) is 5.91 Å². The van der Waals surface area contributed by atoms with Crippen LogP contribution in [0.4, 0.5) is 8.78 Å². The fraction of sp³-hybridized carbons (Fsp3) is 0.462. The lowest BCUT2D eigenvalue weighted by atomic mass is 10.1. The van der Waals surface area contributed by atoms with Crippen LogP contribution in [0.25, 0.3) is 33.5 Å². The van der Waals surface area contributed by atoms with Crippen LogP contribution in [0.1, 0.15) is 24.2 Å². The molecule has 1 amide bonds. The van der Waals surface area contributed by atoms with Gasteiger partial charge < -0.3 is 19.4 Å². The molecule has 1 aromatic carbocycles. The molecule has 0 aliphatic carbocycles. The number of benzene rings is 1. The fourth-order valence-electron chi connectivity index (χ4n) is 4.05. The molecule has 0 aliphatic heterocycles. The summed E-state index contributed by atoms with van der Waals surface area (Å²) in [6, 6.07) is 2.98. The molecule has 0 saturated heterocycles. The monoisotopic (exact) mass is 544 g/mol. The van der Waals surface area contributed by atoms with Crippen molar-refractivity contribution in [2.45, 2.75) is 52.3 Å². The summed E-state index contributed by atoms with van der Waals surface area (Å²) in [6.45, 7) is 12.3. The van der Waals surface area contributed by atoms with E-state index in [0.717, 1.165) is 18.2 Å². The Morgan fingerprint density at radius 3 is 2.63 bits per heavy atom. The number of halogens is 2. The van der Waals surface area contributed by atoms with Crippen molar-refractivity contribution in [2.24, 2.45) is 7.05 Å². The number of carbonyl (C=O) groups excluding carboxylic acids is 1. The van der Waals surface area contributed by atoms with Crippen LogP contribution in [0.3, 0.4) is 0 Å². The Hall–Kier alpha value is -3.22. The summed E-state index contributed by atoms with van der Waals surface area (Å²) in [5, 5.41) is 7.77. The first-order valence-corrected chi connectivity index (χ1v) is 16.3. The summed E-state index contributed by atoms with van der Waals surface area (Å²) in [5.74, 6) is -2.26. The van der Waals surface area contributed by atoms with Gasteiger partial charge in [0.05, 0.1) is 23.9 Å². The smallest absolute Gasteiger partial charge is 0.255 e. The number of rotatable bonds is 11. The van der Waals surface area contributed by atoms with Crippen LogP contribution in [0.15, 0.2) is 24.5 Å². The third-order valence-electron chi connectivity index (χ3n) is 6.12. The molecule has 0 radical (unpaired) electrons. The molecule has 12 heteroatoms. The average molecular weight is 545 g/mol. The summed E-state index contributed by atoms with van der Waals surface area (Å²) in [6.07, 6.45) is 3.20. The molecular weight excluding hydrogens is 510 g/mol. The maximum Gasteiger partial charge on any atom is 0.255 e. The van der Waals surface area contributed by atoms with Crippen molar-refractivity contribution in [3.63, 3.8) is 0 Å².